The SMILES string of the molecule is COc1ccc(C(O)=C2C(=O)C(=O)N(C)C2c2ccc(Cl)cc2)cc1. The van der Waals surface area contributed by atoms with Crippen LogP contribution in [0.15, 0.2) is 54.1 Å². The van der Waals surface area contributed by atoms with Crippen LogP contribution in [0, 0.1) is 0 Å². The molecule has 1 amide bonds. The van der Waals surface area contributed by atoms with Crippen LogP contribution in [0.3, 0.4) is 0 Å². The number of ketones is 1. The lowest BCUT2D eigenvalue weighted by molar-refractivity contribution is -0.139. The van der Waals surface area contributed by atoms with Crippen LogP contribution < -0.4 is 4.74 Å². The second-order valence-electron chi connectivity index (χ2n) is 5.69. The maximum atomic E-state index is 12.4. The second-order valence-corrected chi connectivity index (χ2v) is 6.13. The highest BCUT2D eigenvalue weighted by molar-refractivity contribution is 6.46. The molecule has 0 saturated carbocycles. The minimum absolute atomic E-state index is 0.0555. The fraction of sp³-hybridized carbons (Fsp3) is 0.158. The normalized spacial score (nSPS) is 19.3. The van der Waals surface area contributed by atoms with Crippen molar-refractivity contribution < 1.29 is 19.4 Å². The summed E-state index contributed by atoms with van der Waals surface area (Å²) in [5.41, 5.74) is 1.19. The molecule has 1 unspecified atom stereocenters. The fourth-order valence-corrected chi connectivity index (χ4v) is 3.01. The number of hydrogen-bond acceptors (Lipinski definition) is 4. The van der Waals surface area contributed by atoms with Gasteiger partial charge in [0, 0.05) is 17.6 Å². The molecule has 0 spiro atoms. The minimum Gasteiger partial charge on any atom is -0.507 e. The third-order valence-electron chi connectivity index (χ3n) is 4.22. The Balaban J connectivity index is 2.12. The lowest BCUT2D eigenvalue weighted by atomic mass is 9.95. The molecule has 6 heteroatoms. The van der Waals surface area contributed by atoms with Crippen molar-refractivity contribution in [2.75, 3.05) is 14.2 Å². The van der Waals surface area contributed by atoms with Gasteiger partial charge in [-0.15, -0.1) is 0 Å². The van der Waals surface area contributed by atoms with Crippen LogP contribution in [0.25, 0.3) is 5.76 Å². The van der Waals surface area contributed by atoms with Crippen LogP contribution in [-0.4, -0.2) is 35.9 Å². The number of likely N-dealkylation sites (N-methyl/N-ethyl adjacent to an activating group) is 1. The molecule has 1 aliphatic heterocycles. The van der Waals surface area contributed by atoms with Crippen molar-refractivity contribution in [1.29, 1.82) is 0 Å². The number of halogens is 1. The average molecular weight is 358 g/mol. The fourth-order valence-electron chi connectivity index (χ4n) is 2.89. The number of Topliss-reactive ketones (excluding diaryl/α,β-unsaturated/α-hetero) is 1. The molecule has 0 bridgehead atoms. The summed E-state index contributed by atoms with van der Waals surface area (Å²) in [6.45, 7) is 0. The van der Waals surface area contributed by atoms with Crippen LogP contribution in [0.5, 0.6) is 5.75 Å². The van der Waals surface area contributed by atoms with E-state index in [0.717, 1.165) is 0 Å². The zero-order chi connectivity index (χ0) is 18.1. The number of aliphatic hydroxyl groups is 1. The van der Waals surface area contributed by atoms with Gasteiger partial charge in [0.05, 0.1) is 18.7 Å². The molecule has 0 aliphatic carbocycles. The third-order valence-corrected chi connectivity index (χ3v) is 4.48. The van der Waals surface area contributed by atoms with Crippen molar-refractivity contribution in [3.8, 4) is 5.75 Å². The van der Waals surface area contributed by atoms with Gasteiger partial charge in [0.25, 0.3) is 11.7 Å². The van der Waals surface area contributed by atoms with Gasteiger partial charge in [-0.25, -0.2) is 0 Å². The Hall–Kier alpha value is -2.79. The molecule has 25 heavy (non-hydrogen) atoms. The Morgan fingerprint density at radius 3 is 2.24 bits per heavy atom. The summed E-state index contributed by atoms with van der Waals surface area (Å²) in [4.78, 5) is 26.0. The summed E-state index contributed by atoms with van der Waals surface area (Å²) in [6.07, 6.45) is 0. The predicted molar refractivity (Wildman–Crippen MR) is 94.5 cm³/mol. The number of methoxy groups -OCH3 is 1. The number of hydrogen-bond donors (Lipinski definition) is 1. The number of rotatable bonds is 3. The molecular weight excluding hydrogens is 342 g/mol. The molecule has 1 heterocycles. The first-order chi connectivity index (χ1) is 11.9. The van der Waals surface area contributed by atoms with Crippen molar-refractivity contribution in [1.82, 2.24) is 4.90 Å². The number of aliphatic hydroxyl groups excluding tert-OH is 1. The Bertz CT molecular complexity index is 856. The highest BCUT2D eigenvalue weighted by Crippen LogP contribution is 2.38. The summed E-state index contributed by atoms with van der Waals surface area (Å²) in [7, 11) is 3.08. The van der Waals surface area contributed by atoms with E-state index in [2.05, 4.69) is 0 Å². The van der Waals surface area contributed by atoms with Gasteiger partial charge in [-0.3, -0.25) is 9.59 Å². The van der Waals surface area contributed by atoms with E-state index in [1.807, 2.05) is 0 Å². The zero-order valence-electron chi connectivity index (χ0n) is 13.7. The number of amides is 1. The van der Waals surface area contributed by atoms with E-state index in [0.29, 0.717) is 21.9 Å². The molecule has 5 nitrogen and oxygen atoms in total. The number of benzene rings is 2. The highest BCUT2D eigenvalue weighted by atomic mass is 35.5. The van der Waals surface area contributed by atoms with Crippen molar-refractivity contribution in [3.05, 3.63) is 70.3 Å². The van der Waals surface area contributed by atoms with Crippen LogP contribution in [0.1, 0.15) is 17.2 Å². The summed E-state index contributed by atoms with van der Waals surface area (Å²) < 4.78 is 5.09. The second kappa shape index (κ2) is 6.61. The van der Waals surface area contributed by atoms with Gasteiger partial charge in [0.1, 0.15) is 11.5 Å². The van der Waals surface area contributed by atoms with Gasteiger partial charge in [-0.05, 0) is 42.0 Å². The van der Waals surface area contributed by atoms with Crippen molar-refractivity contribution in [2.24, 2.45) is 0 Å². The Morgan fingerprint density at radius 1 is 1.08 bits per heavy atom. The van der Waals surface area contributed by atoms with Gasteiger partial charge in [0.2, 0.25) is 0 Å². The lowest BCUT2D eigenvalue weighted by Gasteiger charge is -2.21. The topological polar surface area (TPSA) is 66.8 Å². The first-order valence-corrected chi connectivity index (χ1v) is 7.96. The molecule has 1 N–H and O–H groups in total. The van der Waals surface area contributed by atoms with Crippen LogP contribution in [-0.2, 0) is 9.59 Å². The molecule has 0 radical (unpaired) electrons. The Morgan fingerprint density at radius 2 is 1.68 bits per heavy atom. The molecule has 1 atom stereocenters. The number of carbonyl (C=O) groups excluding carboxylic acids is 2. The van der Waals surface area contributed by atoms with Gasteiger partial charge in [-0.1, -0.05) is 23.7 Å². The molecular formula is C19H16ClNO4. The van der Waals surface area contributed by atoms with Gasteiger partial charge >= 0.3 is 0 Å². The number of nitrogens with zero attached hydrogens (tertiary/aromatic N) is 1. The molecule has 1 saturated heterocycles. The van der Waals surface area contributed by atoms with Gasteiger partial charge in [-0.2, -0.15) is 0 Å². The Labute approximate surface area is 150 Å². The number of carbonyl (C=O) groups is 2. The maximum Gasteiger partial charge on any atom is 0.295 e. The largest absolute Gasteiger partial charge is 0.507 e. The van der Waals surface area contributed by atoms with E-state index in [4.69, 9.17) is 16.3 Å². The molecule has 0 aromatic heterocycles. The predicted octanol–water partition coefficient (Wildman–Crippen LogP) is 3.40. The first kappa shape index (κ1) is 17.0. The molecule has 2 aromatic rings. The van der Waals surface area contributed by atoms with E-state index >= 15 is 0 Å². The van der Waals surface area contributed by atoms with Crippen molar-refractivity contribution >= 4 is 29.1 Å². The van der Waals surface area contributed by atoms with E-state index in [-0.39, 0.29) is 11.3 Å². The van der Waals surface area contributed by atoms with Crippen LogP contribution in [0.4, 0.5) is 0 Å². The van der Waals surface area contributed by atoms with Crippen LogP contribution >= 0.6 is 11.6 Å². The molecule has 1 aliphatic rings. The van der Waals surface area contributed by atoms with Crippen molar-refractivity contribution in [3.63, 3.8) is 0 Å². The maximum absolute atomic E-state index is 12.4. The minimum atomic E-state index is -0.712. The third kappa shape index (κ3) is 2.98. The molecule has 128 valence electrons. The standard InChI is InChI=1S/C19H16ClNO4/c1-21-16(11-3-7-13(20)8-4-11)15(18(23)19(21)24)17(22)12-5-9-14(25-2)10-6-12/h3-10,16,22H,1-2H3. The van der Waals surface area contributed by atoms with Crippen LogP contribution in [0.2, 0.25) is 5.02 Å². The quantitative estimate of drug-likeness (QED) is 0.519. The summed E-state index contributed by atoms with van der Waals surface area (Å²) >= 11 is 5.91. The highest BCUT2D eigenvalue weighted by Gasteiger charge is 2.44. The molecule has 3 rings (SSSR count). The van der Waals surface area contributed by atoms with E-state index in [1.165, 1.54) is 19.1 Å². The smallest absolute Gasteiger partial charge is 0.295 e. The first-order valence-electron chi connectivity index (χ1n) is 7.58. The van der Waals surface area contributed by atoms with Gasteiger partial charge < -0.3 is 14.7 Å². The Kier molecular flexibility index (Phi) is 4.51. The molecule has 1 fully saturated rings. The summed E-state index contributed by atoms with van der Waals surface area (Å²) in [5, 5.41) is 11.2. The van der Waals surface area contributed by atoms with Gasteiger partial charge in [0.15, 0.2) is 0 Å². The number of ether oxygens (including phenoxy) is 1. The summed E-state index contributed by atoms with van der Waals surface area (Å²) in [5.74, 6) is -0.960. The zero-order valence-corrected chi connectivity index (χ0v) is 14.4. The van der Waals surface area contributed by atoms with E-state index < -0.39 is 17.7 Å². The average Bonchev–Trinajstić information content (AvgIpc) is 2.86. The van der Waals surface area contributed by atoms with Crippen molar-refractivity contribution in [2.45, 2.75) is 6.04 Å². The lowest BCUT2D eigenvalue weighted by Crippen LogP contribution is -2.24. The molecule has 2 aromatic carbocycles. The number of likely N-dealkylation sites (tertiary alicyclic amines) is 1. The monoisotopic (exact) mass is 357 g/mol. The summed E-state index contributed by atoms with van der Waals surface area (Å²) in [6, 6.07) is 12.8. The van der Waals surface area contributed by atoms with E-state index in [1.54, 1.807) is 48.5 Å². The van der Waals surface area contributed by atoms with E-state index in [9.17, 15) is 14.7 Å².